The summed E-state index contributed by atoms with van der Waals surface area (Å²) in [5, 5.41) is 13.1. The number of aromatic nitrogens is 1. The summed E-state index contributed by atoms with van der Waals surface area (Å²) < 4.78 is 2.02. The topological polar surface area (TPSA) is 36.1 Å². The second kappa shape index (κ2) is 9.40. The SMILES string of the molecule is CC(C)(C)CC(C)(CNC(c1cc[n+](CCO)cc1)C(C)(C)C)c1ccccc1. The van der Waals surface area contributed by atoms with E-state index in [1.54, 1.807) is 0 Å². The Balaban J connectivity index is 2.29. The first-order valence-corrected chi connectivity index (χ1v) is 10.8. The molecule has 0 saturated carbocycles. The molecule has 0 radical (unpaired) electrons. The van der Waals surface area contributed by atoms with E-state index in [1.807, 2.05) is 4.57 Å². The van der Waals surface area contributed by atoms with Gasteiger partial charge in [0.1, 0.15) is 6.61 Å². The second-order valence-electron chi connectivity index (χ2n) is 10.9. The minimum atomic E-state index is 0.0502. The Bertz CT molecular complexity index is 741. The van der Waals surface area contributed by atoms with Crippen LogP contribution >= 0.6 is 0 Å². The van der Waals surface area contributed by atoms with Crippen molar-refractivity contribution in [3.05, 3.63) is 66.0 Å². The Hall–Kier alpha value is -1.71. The van der Waals surface area contributed by atoms with E-state index in [-0.39, 0.29) is 28.9 Å². The van der Waals surface area contributed by atoms with Gasteiger partial charge in [-0.25, -0.2) is 4.57 Å². The molecule has 29 heavy (non-hydrogen) atoms. The Morgan fingerprint density at radius 2 is 1.48 bits per heavy atom. The molecule has 0 saturated heterocycles. The maximum atomic E-state index is 9.17. The van der Waals surface area contributed by atoms with E-state index in [2.05, 4.69) is 109 Å². The summed E-state index contributed by atoms with van der Waals surface area (Å²) in [7, 11) is 0. The fourth-order valence-electron chi connectivity index (χ4n) is 4.45. The lowest BCUT2D eigenvalue weighted by molar-refractivity contribution is -0.698. The van der Waals surface area contributed by atoms with Gasteiger partial charge in [0.05, 0.1) is 0 Å². The van der Waals surface area contributed by atoms with Crippen molar-refractivity contribution >= 4 is 0 Å². The predicted octanol–water partition coefficient (Wildman–Crippen LogP) is 5.04. The van der Waals surface area contributed by atoms with Crippen molar-refractivity contribution in [3.63, 3.8) is 0 Å². The number of aliphatic hydroxyl groups excluding tert-OH is 1. The number of hydrogen-bond donors (Lipinski definition) is 2. The standard InChI is InChI=1S/C26H41N2O/c1-24(2,3)19-26(7,22-11-9-8-10-12-22)20-27-23(25(4,5)6)21-13-15-28(16-14-21)17-18-29/h8-16,23,27,29H,17-20H2,1-7H3/q+1. The molecule has 1 aromatic carbocycles. The summed E-state index contributed by atoms with van der Waals surface area (Å²) in [4.78, 5) is 0. The highest BCUT2D eigenvalue weighted by atomic mass is 16.3. The average molecular weight is 398 g/mol. The van der Waals surface area contributed by atoms with Crippen molar-refractivity contribution < 1.29 is 9.67 Å². The molecule has 1 heterocycles. The zero-order valence-electron chi connectivity index (χ0n) is 19.5. The summed E-state index contributed by atoms with van der Waals surface area (Å²) in [6.45, 7) is 18.0. The minimum Gasteiger partial charge on any atom is -0.390 e. The highest BCUT2D eigenvalue weighted by molar-refractivity contribution is 5.26. The summed E-state index contributed by atoms with van der Waals surface area (Å²) in [6.07, 6.45) is 5.24. The van der Waals surface area contributed by atoms with Gasteiger partial charge in [-0.15, -0.1) is 0 Å². The van der Waals surface area contributed by atoms with Crippen LogP contribution in [0, 0.1) is 10.8 Å². The van der Waals surface area contributed by atoms with Gasteiger partial charge in [0.15, 0.2) is 18.9 Å². The lowest BCUT2D eigenvalue weighted by Gasteiger charge is -2.40. The van der Waals surface area contributed by atoms with E-state index in [0.717, 1.165) is 13.0 Å². The second-order valence-corrected chi connectivity index (χ2v) is 10.9. The molecule has 2 rings (SSSR count). The molecule has 160 valence electrons. The van der Waals surface area contributed by atoms with Crippen molar-refractivity contribution in [2.45, 2.75) is 72.9 Å². The molecule has 0 aliphatic heterocycles. The fourth-order valence-corrected chi connectivity index (χ4v) is 4.45. The maximum Gasteiger partial charge on any atom is 0.171 e. The van der Waals surface area contributed by atoms with Crippen LogP contribution in [0.5, 0.6) is 0 Å². The first-order valence-electron chi connectivity index (χ1n) is 10.8. The van der Waals surface area contributed by atoms with Crippen LogP contribution in [-0.2, 0) is 12.0 Å². The summed E-state index contributed by atoms with van der Waals surface area (Å²) in [6, 6.07) is 15.5. The zero-order valence-corrected chi connectivity index (χ0v) is 19.5. The van der Waals surface area contributed by atoms with Gasteiger partial charge >= 0.3 is 0 Å². The smallest absolute Gasteiger partial charge is 0.171 e. The van der Waals surface area contributed by atoms with E-state index in [9.17, 15) is 0 Å². The molecule has 0 amide bonds. The molecule has 2 aromatic rings. The monoisotopic (exact) mass is 397 g/mol. The largest absolute Gasteiger partial charge is 0.390 e. The quantitative estimate of drug-likeness (QED) is 0.612. The summed E-state index contributed by atoms with van der Waals surface area (Å²) >= 11 is 0. The van der Waals surface area contributed by atoms with Gasteiger partial charge in [-0.3, -0.25) is 0 Å². The van der Waals surface area contributed by atoms with Crippen LogP contribution < -0.4 is 9.88 Å². The number of pyridine rings is 1. The van der Waals surface area contributed by atoms with Crippen molar-refractivity contribution in [2.24, 2.45) is 10.8 Å². The van der Waals surface area contributed by atoms with Gasteiger partial charge in [-0.05, 0) is 28.4 Å². The van der Waals surface area contributed by atoms with E-state index >= 15 is 0 Å². The van der Waals surface area contributed by atoms with Gasteiger partial charge in [-0.2, -0.15) is 0 Å². The zero-order chi connectivity index (χ0) is 21.7. The van der Waals surface area contributed by atoms with Crippen LogP contribution in [0.4, 0.5) is 0 Å². The van der Waals surface area contributed by atoms with Crippen molar-refractivity contribution in [1.82, 2.24) is 5.32 Å². The van der Waals surface area contributed by atoms with Crippen molar-refractivity contribution in [2.75, 3.05) is 13.2 Å². The van der Waals surface area contributed by atoms with Gasteiger partial charge in [0, 0.05) is 30.1 Å². The number of benzene rings is 1. The normalized spacial score (nSPS) is 15.7. The Morgan fingerprint density at radius 1 is 0.897 bits per heavy atom. The lowest BCUT2D eigenvalue weighted by Crippen LogP contribution is -2.43. The van der Waals surface area contributed by atoms with Crippen LogP contribution in [0.15, 0.2) is 54.9 Å². The van der Waals surface area contributed by atoms with E-state index in [0.29, 0.717) is 6.54 Å². The Labute approximate surface area is 178 Å². The number of nitrogens with zero attached hydrogens (tertiary/aromatic N) is 1. The number of nitrogens with one attached hydrogen (secondary N) is 1. The van der Waals surface area contributed by atoms with E-state index in [1.165, 1.54) is 11.1 Å². The predicted molar refractivity (Wildman–Crippen MR) is 122 cm³/mol. The first kappa shape index (κ1) is 23.6. The Kier molecular flexibility index (Phi) is 7.64. The fraction of sp³-hybridized carbons (Fsp3) is 0.577. The highest BCUT2D eigenvalue weighted by Gasteiger charge is 2.34. The molecular weight excluding hydrogens is 356 g/mol. The number of rotatable bonds is 8. The molecule has 1 aromatic heterocycles. The molecule has 0 aliphatic carbocycles. The molecule has 0 spiro atoms. The van der Waals surface area contributed by atoms with Crippen molar-refractivity contribution in [3.8, 4) is 0 Å². The van der Waals surface area contributed by atoms with Crippen LogP contribution in [0.25, 0.3) is 0 Å². The molecule has 0 bridgehead atoms. The molecule has 3 heteroatoms. The van der Waals surface area contributed by atoms with Gasteiger partial charge in [-0.1, -0.05) is 78.8 Å². The number of aliphatic hydroxyl groups is 1. The van der Waals surface area contributed by atoms with E-state index < -0.39 is 0 Å². The lowest BCUT2D eigenvalue weighted by atomic mass is 9.70. The third kappa shape index (κ3) is 6.94. The summed E-state index contributed by atoms with van der Waals surface area (Å²) in [5.41, 5.74) is 3.06. The maximum absolute atomic E-state index is 9.17. The average Bonchev–Trinajstić information content (AvgIpc) is 2.62. The third-order valence-corrected chi connectivity index (χ3v) is 5.56. The first-order chi connectivity index (χ1) is 13.4. The van der Waals surface area contributed by atoms with Gasteiger partial charge in [0.2, 0.25) is 0 Å². The molecule has 2 N–H and O–H groups in total. The van der Waals surface area contributed by atoms with Crippen LogP contribution in [0.3, 0.4) is 0 Å². The Morgan fingerprint density at radius 3 is 1.97 bits per heavy atom. The van der Waals surface area contributed by atoms with Crippen LogP contribution in [0.2, 0.25) is 0 Å². The third-order valence-electron chi connectivity index (χ3n) is 5.56. The molecule has 2 unspecified atom stereocenters. The van der Waals surface area contributed by atoms with E-state index in [4.69, 9.17) is 5.11 Å². The van der Waals surface area contributed by atoms with Crippen molar-refractivity contribution in [1.29, 1.82) is 0 Å². The van der Waals surface area contributed by atoms with Crippen LogP contribution in [-0.4, -0.2) is 18.3 Å². The minimum absolute atomic E-state index is 0.0502. The molecule has 2 atom stereocenters. The van der Waals surface area contributed by atoms with Crippen LogP contribution in [0.1, 0.15) is 72.1 Å². The van der Waals surface area contributed by atoms with Gasteiger partial charge < -0.3 is 10.4 Å². The summed E-state index contributed by atoms with van der Waals surface area (Å²) in [5.74, 6) is 0. The molecule has 0 fully saturated rings. The molecular formula is C26H41N2O+. The molecule has 3 nitrogen and oxygen atoms in total. The van der Waals surface area contributed by atoms with Gasteiger partial charge in [0.25, 0.3) is 0 Å². The molecule has 0 aliphatic rings. The number of hydrogen-bond acceptors (Lipinski definition) is 2. The highest BCUT2D eigenvalue weighted by Crippen LogP contribution is 2.38.